The third-order valence-electron chi connectivity index (χ3n) is 1.79. The van der Waals surface area contributed by atoms with Crippen LogP contribution in [0.25, 0.3) is 4.91 Å². The molecule has 0 amide bonds. The Labute approximate surface area is 78.8 Å². The second-order valence-corrected chi connectivity index (χ2v) is 5.10. The molecule has 0 bridgehead atoms. The van der Waals surface area contributed by atoms with Crippen LogP contribution in [0.4, 0.5) is 0 Å². The van der Waals surface area contributed by atoms with Crippen molar-refractivity contribution in [3.05, 3.63) is 42.0 Å². The van der Waals surface area contributed by atoms with Crippen molar-refractivity contribution in [2.45, 2.75) is 6.92 Å². The molecule has 0 aliphatic rings. The van der Waals surface area contributed by atoms with E-state index >= 15 is 0 Å². The van der Waals surface area contributed by atoms with Gasteiger partial charge in [-0.15, -0.1) is 0 Å². The minimum absolute atomic E-state index is 0.177. The molecule has 0 spiro atoms. The Morgan fingerprint density at radius 1 is 1.38 bits per heavy atom. The Morgan fingerprint density at radius 2 is 2.00 bits per heavy atom. The summed E-state index contributed by atoms with van der Waals surface area (Å²) in [6, 6.07) is 7.29. The van der Waals surface area contributed by atoms with E-state index in [-0.39, 0.29) is 4.91 Å². The molecule has 70 valence electrons. The van der Waals surface area contributed by atoms with E-state index in [1.54, 1.807) is 6.07 Å². The topological polar surface area (TPSA) is 34.1 Å². The van der Waals surface area contributed by atoms with E-state index in [4.69, 9.17) is 0 Å². The quantitative estimate of drug-likeness (QED) is 0.725. The van der Waals surface area contributed by atoms with E-state index in [1.165, 1.54) is 0 Å². The molecule has 13 heavy (non-hydrogen) atoms. The highest BCUT2D eigenvalue weighted by atomic mass is 32.2. The van der Waals surface area contributed by atoms with Gasteiger partial charge in [-0.3, -0.25) is 0 Å². The fraction of sp³-hybridized carbons (Fsp3) is 0.200. The first-order valence-corrected chi connectivity index (χ1v) is 5.76. The lowest BCUT2D eigenvalue weighted by molar-refractivity contribution is 0.611. The maximum absolute atomic E-state index is 11.1. The number of hydrogen-bond donors (Lipinski definition) is 0. The highest BCUT2D eigenvalue weighted by Gasteiger charge is 2.10. The van der Waals surface area contributed by atoms with Crippen molar-refractivity contribution in [3.8, 4) is 0 Å². The predicted octanol–water partition coefficient (Wildman–Crippen LogP) is 2.01. The van der Waals surface area contributed by atoms with Gasteiger partial charge in [-0.1, -0.05) is 36.4 Å². The molecule has 0 fully saturated rings. The van der Waals surface area contributed by atoms with Crippen LogP contribution in [0.3, 0.4) is 0 Å². The van der Waals surface area contributed by atoms with E-state index in [1.807, 2.05) is 25.1 Å². The highest BCUT2D eigenvalue weighted by Crippen LogP contribution is 2.18. The summed E-state index contributed by atoms with van der Waals surface area (Å²) in [6.07, 6.45) is 1.16. The summed E-state index contributed by atoms with van der Waals surface area (Å²) in [6.45, 7) is 5.47. The van der Waals surface area contributed by atoms with Crippen LogP contribution in [0.15, 0.2) is 30.8 Å². The molecule has 1 aromatic carbocycles. The molecule has 0 saturated carbocycles. The predicted molar refractivity (Wildman–Crippen MR) is 55.1 cm³/mol. The number of benzene rings is 1. The van der Waals surface area contributed by atoms with Crippen molar-refractivity contribution in [1.29, 1.82) is 0 Å². The lowest BCUT2D eigenvalue weighted by Gasteiger charge is -2.03. The Kier molecular flexibility index (Phi) is 2.57. The van der Waals surface area contributed by atoms with Crippen molar-refractivity contribution in [2.24, 2.45) is 0 Å². The zero-order chi connectivity index (χ0) is 10.1. The maximum Gasteiger partial charge on any atom is 0.175 e. The first-order chi connectivity index (χ1) is 5.91. The van der Waals surface area contributed by atoms with E-state index in [2.05, 4.69) is 6.58 Å². The number of sulfone groups is 1. The van der Waals surface area contributed by atoms with Gasteiger partial charge in [0.15, 0.2) is 9.84 Å². The van der Waals surface area contributed by atoms with Gasteiger partial charge in [-0.25, -0.2) is 8.42 Å². The van der Waals surface area contributed by atoms with Gasteiger partial charge in [-0.2, -0.15) is 0 Å². The Hall–Kier alpha value is -1.09. The molecule has 1 rings (SSSR count). The van der Waals surface area contributed by atoms with Gasteiger partial charge in [0.25, 0.3) is 0 Å². The van der Waals surface area contributed by atoms with Crippen LogP contribution in [0.1, 0.15) is 11.1 Å². The minimum atomic E-state index is -3.17. The second-order valence-electron chi connectivity index (χ2n) is 3.06. The largest absolute Gasteiger partial charge is 0.224 e. The maximum atomic E-state index is 11.1. The van der Waals surface area contributed by atoms with Crippen LogP contribution in [0.2, 0.25) is 0 Å². The smallest absolute Gasteiger partial charge is 0.175 e. The summed E-state index contributed by atoms with van der Waals surface area (Å²) in [4.78, 5) is 0.177. The van der Waals surface area contributed by atoms with Crippen molar-refractivity contribution >= 4 is 14.7 Å². The zero-order valence-electron chi connectivity index (χ0n) is 7.74. The van der Waals surface area contributed by atoms with E-state index in [0.29, 0.717) is 5.56 Å². The van der Waals surface area contributed by atoms with Gasteiger partial charge in [0.1, 0.15) is 0 Å². The Bertz CT molecular complexity index is 430. The van der Waals surface area contributed by atoms with Crippen molar-refractivity contribution < 1.29 is 8.42 Å². The third kappa shape index (κ3) is 2.42. The molecule has 0 aromatic heterocycles. The van der Waals surface area contributed by atoms with Gasteiger partial charge in [0.2, 0.25) is 0 Å². The number of aryl methyl sites for hydroxylation is 1. The molecule has 0 atom stereocenters. The SMILES string of the molecule is C=C(c1cccc(C)c1)S(C)(=O)=O. The van der Waals surface area contributed by atoms with Gasteiger partial charge >= 0.3 is 0 Å². The molecule has 0 N–H and O–H groups in total. The van der Waals surface area contributed by atoms with E-state index < -0.39 is 9.84 Å². The lowest BCUT2D eigenvalue weighted by atomic mass is 10.1. The summed E-state index contributed by atoms with van der Waals surface area (Å²) in [7, 11) is -3.17. The fourth-order valence-electron chi connectivity index (χ4n) is 1.03. The lowest BCUT2D eigenvalue weighted by Crippen LogP contribution is -1.98. The van der Waals surface area contributed by atoms with Crippen LogP contribution >= 0.6 is 0 Å². The van der Waals surface area contributed by atoms with Gasteiger partial charge in [0, 0.05) is 6.26 Å². The van der Waals surface area contributed by atoms with Crippen LogP contribution in [-0.2, 0) is 9.84 Å². The second kappa shape index (κ2) is 3.34. The first kappa shape index (κ1) is 9.99. The first-order valence-electron chi connectivity index (χ1n) is 3.87. The monoisotopic (exact) mass is 196 g/mol. The molecule has 0 radical (unpaired) electrons. The average Bonchev–Trinajstić information content (AvgIpc) is 2.01. The number of hydrogen-bond acceptors (Lipinski definition) is 2. The summed E-state index contributed by atoms with van der Waals surface area (Å²) in [5.74, 6) is 0. The Morgan fingerprint density at radius 3 is 2.46 bits per heavy atom. The molecule has 3 heteroatoms. The van der Waals surface area contributed by atoms with Crippen LogP contribution in [0.5, 0.6) is 0 Å². The van der Waals surface area contributed by atoms with Gasteiger partial charge < -0.3 is 0 Å². The minimum Gasteiger partial charge on any atom is -0.224 e. The summed E-state index contributed by atoms with van der Waals surface area (Å²) in [5, 5.41) is 0. The van der Waals surface area contributed by atoms with Crippen molar-refractivity contribution in [2.75, 3.05) is 6.26 Å². The van der Waals surface area contributed by atoms with Crippen LogP contribution in [-0.4, -0.2) is 14.7 Å². The third-order valence-corrected chi connectivity index (χ3v) is 2.92. The van der Waals surface area contributed by atoms with Crippen LogP contribution in [0, 0.1) is 6.92 Å². The summed E-state index contributed by atoms with van der Waals surface area (Å²) < 4.78 is 22.3. The molecule has 0 aliphatic carbocycles. The molecule has 2 nitrogen and oxygen atoms in total. The molecule has 0 aliphatic heterocycles. The average molecular weight is 196 g/mol. The summed E-state index contributed by atoms with van der Waals surface area (Å²) in [5.41, 5.74) is 1.70. The molecular formula is C10H12O2S. The summed E-state index contributed by atoms with van der Waals surface area (Å²) >= 11 is 0. The molecular weight excluding hydrogens is 184 g/mol. The fourth-order valence-corrected chi connectivity index (χ4v) is 1.59. The van der Waals surface area contributed by atoms with E-state index in [0.717, 1.165) is 11.8 Å². The molecule has 0 saturated heterocycles. The van der Waals surface area contributed by atoms with Crippen molar-refractivity contribution in [3.63, 3.8) is 0 Å². The Balaban J connectivity index is 3.18. The molecule has 0 heterocycles. The highest BCUT2D eigenvalue weighted by molar-refractivity contribution is 7.99. The zero-order valence-corrected chi connectivity index (χ0v) is 8.56. The normalized spacial score (nSPS) is 11.2. The van der Waals surface area contributed by atoms with E-state index in [9.17, 15) is 8.42 Å². The van der Waals surface area contributed by atoms with Crippen LogP contribution < -0.4 is 0 Å². The molecule has 1 aromatic rings. The van der Waals surface area contributed by atoms with Gasteiger partial charge in [0.05, 0.1) is 4.91 Å². The standard InChI is InChI=1S/C10H12O2S/c1-8-5-4-6-10(7-8)9(2)13(3,11)12/h4-7H,2H2,1,3H3. The van der Waals surface area contributed by atoms with Crippen molar-refractivity contribution in [1.82, 2.24) is 0 Å². The van der Waals surface area contributed by atoms with Gasteiger partial charge in [-0.05, 0) is 12.5 Å². The molecule has 0 unspecified atom stereocenters. The number of rotatable bonds is 2.